The SMILES string of the molecule is COc1ccc(CC(N)c2sccc2Cl)cc1OC. The molecule has 0 saturated heterocycles. The number of rotatable bonds is 5. The van der Waals surface area contributed by atoms with Crippen LogP contribution in [0.3, 0.4) is 0 Å². The van der Waals surface area contributed by atoms with Crippen LogP contribution in [0, 0.1) is 0 Å². The van der Waals surface area contributed by atoms with Crippen molar-refractivity contribution in [3.63, 3.8) is 0 Å². The molecule has 3 nitrogen and oxygen atoms in total. The van der Waals surface area contributed by atoms with Crippen LogP contribution >= 0.6 is 22.9 Å². The topological polar surface area (TPSA) is 44.5 Å². The molecule has 0 aliphatic rings. The van der Waals surface area contributed by atoms with Gasteiger partial charge < -0.3 is 15.2 Å². The third-order valence-electron chi connectivity index (χ3n) is 2.89. The van der Waals surface area contributed by atoms with Crippen molar-refractivity contribution in [1.82, 2.24) is 0 Å². The molecule has 0 saturated carbocycles. The highest BCUT2D eigenvalue weighted by atomic mass is 35.5. The molecular formula is C14H16ClNO2S. The van der Waals surface area contributed by atoms with E-state index in [0.29, 0.717) is 17.9 Å². The second-order valence-electron chi connectivity index (χ2n) is 4.13. The van der Waals surface area contributed by atoms with E-state index in [1.54, 1.807) is 25.6 Å². The Hall–Kier alpha value is -1.23. The summed E-state index contributed by atoms with van der Waals surface area (Å²) in [5.41, 5.74) is 7.28. The number of nitrogens with two attached hydrogens (primary N) is 1. The predicted octanol–water partition coefficient (Wildman–Crippen LogP) is 3.66. The summed E-state index contributed by atoms with van der Waals surface area (Å²) in [7, 11) is 3.24. The minimum absolute atomic E-state index is 0.106. The highest BCUT2D eigenvalue weighted by Gasteiger charge is 2.13. The van der Waals surface area contributed by atoms with E-state index < -0.39 is 0 Å². The molecule has 0 bridgehead atoms. The van der Waals surface area contributed by atoms with Crippen molar-refractivity contribution >= 4 is 22.9 Å². The molecule has 0 spiro atoms. The Morgan fingerprint density at radius 3 is 2.53 bits per heavy atom. The molecule has 0 fully saturated rings. The van der Waals surface area contributed by atoms with Crippen LogP contribution in [0.25, 0.3) is 0 Å². The van der Waals surface area contributed by atoms with Gasteiger partial charge in [0.15, 0.2) is 11.5 Å². The Morgan fingerprint density at radius 1 is 1.21 bits per heavy atom. The first kappa shape index (κ1) is 14.2. The lowest BCUT2D eigenvalue weighted by Crippen LogP contribution is -2.12. The summed E-state index contributed by atoms with van der Waals surface area (Å²) in [6.45, 7) is 0. The average Bonchev–Trinajstić information content (AvgIpc) is 2.85. The number of hydrogen-bond acceptors (Lipinski definition) is 4. The monoisotopic (exact) mass is 297 g/mol. The van der Waals surface area contributed by atoms with Gasteiger partial charge in [0.25, 0.3) is 0 Å². The van der Waals surface area contributed by atoms with Crippen molar-refractivity contribution in [3.05, 3.63) is 45.1 Å². The van der Waals surface area contributed by atoms with E-state index in [1.807, 2.05) is 29.6 Å². The predicted molar refractivity (Wildman–Crippen MR) is 79.5 cm³/mol. The molecule has 0 aliphatic carbocycles. The second-order valence-corrected chi connectivity index (χ2v) is 5.49. The number of ether oxygens (including phenoxy) is 2. The molecule has 102 valence electrons. The van der Waals surface area contributed by atoms with Crippen molar-refractivity contribution in [1.29, 1.82) is 0 Å². The summed E-state index contributed by atoms with van der Waals surface area (Å²) < 4.78 is 10.5. The minimum Gasteiger partial charge on any atom is -0.493 e. The molecule has 5 heteroatoms. The van der Waals surface area contributed by atoms with E-state index in [4.69, 9.17) is 26.8 Å². The Bertz CT molecular complexity index is 556. The van der Waals surface area contributed by atoms with Crippen molar-refractivity contribution in [2.24, 2.45) is 5.73 Å². The van der Waals surface area contributed by atoms with Crippen LogP contribution in [0.15, 0.2) is 29.6 Å². The summed E-state index contributed by atoms with van der Waals surface area (Å²) in [6, 6.07) is 7.58. The molecule has 0 radical (unpaired) electrons. The van der Waals surface area contributed by atoms with Crippen LogP contribution in [0.2, 0.25) is 5.02 Å². The molecule has 0 aliphatic heterocycles. The fourth-order valence-corrected chi connectivity index (χ4v) is 3.13. The van der Waals surface area contributed by atoms with Crippen LogP contribution in [0.5, 0.6) is 11.5 Å². The normalized spacial score (nSPS) is 12.2. The van der Waals surface area contributed by atoms with E-state index in [0.717, 1.165) is 15.5 Å². The summed E-state index contributed by atoms with van der Waals surface area (Å²) in [5.74, 6) is 1.43. The van der Waals surface area contributed by atoms with Gasteiger partial charge in [-0.3, -0.25) is 0 Å². The van der Waals surface area contributed by atoms with E-state index in [2.05, 4.69) is 0 Å². The second kappa shape index (κ2) is 6.28. The lowest BCUT2D eigenvalue weighted by atomic mass is 10.0. The highest BCUT2D eigenvalue weighted by molar-refractivity contribution is 7.10. The molecule has 0 amide bonds. The molecule has 2 rings (SSSR count). The molecule has 1 aromatic carbocycles. The van der Waals surface area contributed by atoms with Gasteiger partial charge in [-0.2, -0.15) is 0 Å². The van der Waals surface area contributed by atoms with Gasteiger partial charge in [-0.15, -0.1) is 11.3 Å². The van der Waals surface area contributed by atoms with Gasteiger partial charge in [-0.05, 0) is 35.6 Å². The van der Waals surface area contributed by atoms with Gasteiger partial charge in [0.05, 0.1) is 19.2 Å². The molecular weight excluding hydrogens is 282 g/mol. The zero-order valence-electron chi connectivity index (χ0n) is 10.9. The molecule has 1 aromatic heterocycles. The fourth-order valence-electron chi connectivity index (χ4n) is 1.92. The van der Waals surface area contributed by atoms with Gasteiger partial charge in [0.1, 0.15) is 0 Å². The van der Waals surface area contributed by atoms with Crippen molar-refractivity contribution in [3.8, 4) is 11.5 Å². The number of hydrogen-bond donors (Lipinski definition) is 1. The Kier molecular flexibility index (Phi) is 4.69. The smallest absolute Gasteiger partial charge is 0.160 e. The Morgan fingerprint density at radius 2 is 1.95 bits per heavy atom. The maximum atomic E-state index is 6.19. The maximum Gasteiger partial charge on any atom is 0.160 e. The molecule has 2 N–H and O–H groups in total. The quantitative estimate of drug-likeness (QED) is 0.916. The van der Waals surface area contributed by atoms with Crippen molar-refractivity contribution in [2.75, 3.05) is 14.2 Å². The third kappa shape index (κ3) is 3.21. The zero-order valence-corrected chi connectivity index (χ0v) is 12.4. The first-order chi connectivity index (χ1) is 9.15. The summed E-state index contributed by atoms with van der Waals surface area (Å²) in [6.07, 6.45) is 0.709. The van der Waals surface area contributed by atoms with Gasteiger partial charge in [0, 0.05) is 10.9 Å². The van der Waals surface area contributed by atoms with Crippen LogP contribution in [-0.4, -0.2) is 14.2 Å². The van der Waals surface area contributed by atoms with E-state index in [9.17, 15) is 0 Å². The highest BCUT2D eigenvalue weighted by Crippen LogP contribution is 2.32. The third-order valence-corrected chi connectivity index (χ3v) is 4.38. The van der Waals surface area contributed by atoms with Gasteiger partial charge in [0.2, 0.25) is 0 Å². The molecule has 19 heavy (non-hydrogen) atoms. The standard InChI is InChI=1S/C14H16ClNO2S/c1-17-12-4-3-9(8-13(12)18-2)7-11(16)14-10(15)5-6-19-14/h3-6,8,11H,7,16H2,1-2H3. The molecule has 1 unspecified atom stereocenters. The maximum absolute atomic E-state index is 6.19. The van der Waals surface area contributed by atoms with Crippen molar-refractivity contribution < 1.29 is 9.47 Å². The van der Waals surface area contributed by atoms with Gasteiger partial charge >= 0.3 is 0 Å². The van der Waals surface area contributed by atoms with Crippen LogP contribution < -0.4 is 15.2 Å². The van der Waals surface area contributed by atoms with Crippen LogP contribution in [-0.2, 0) is 6.42 Å². The van der Waals surface area contributed by atoms with Crippen LogP contribution in [0.4, 0.5) is 0 Å². The lowest BCUT2D eigenvalue weighted by Gasteiger charge is -2.13. The van der Waals surface area contributed by atoms with Gasteiger partial charge in [-0.25, -0.2) is 0 Å². The van der Waals surface area contributed by atoms with E-state index in [1.165, 1.54) is 0 Å². The van der Waals surface area contributed by atoms with Crippen molar-refractivity contribution in [2.45, 2.75) is 12.5 Å². The first-order valence-electron chi connectivity index (χ1n) is 5.85. The number of benzene rings is 1. The largest absolute Gasteiger partial charge is 0.493 e. The summed E-state index contributed by atoms with van der Waals surface area (Å²) in [4.78, 5) is 1.01. The number of halogens is 1. The molecule has 2 aromatic rings. The Labute approximate surface area is 121 Å². The van der Waals surface area contributed by atoms with E-state index >= 15 is 0 Å². The van der Waals surface area contributed by atoms with E-state index in [-0.39, 0.29) is 6.04 Å². The number of methoxy groups -OCH3 is 2. The zero-order chi connectivity index (χ0) is 13.8. The van der Waals surface area contributed by atoms with Gasteiger partial charge in [-0.1, -0.05) is 17.7 Å². The summed E-state index contributed by atoms with van der Waals surface area (Å²) in [5, 5.41) is 2.68. The average molecular weight is 298 g/mol. The summed E-state index contributed by atoms with van der Waals surface area (Å²) >= 11 is 7.67. The minimum atomic E-state index is -0.106. The fraction of sp³-hybridized carbons (Fsp3) is 0.286. The molecule has 1 atom stereocenters. The Balaban J connectivity index is 2.17. The molecule has 1 heterocycles. The van der Waals surface area contributed by atoms with Crippen LogP contribution in [0.1, 0.15) is 16.5 Å². The first-order valence-corrected chi connectivity index (χ1v) is 7.11. The lowest BCUT2D eigenvalue weighted by molar-refractivity contribution is 0.354. The number of thiophene rings is 1.